The summed E-state index contributed by atoms with van der Waals surface area (Å²) in [5, 5.41) is 6.04. The molecule has 7 nitrogen and oxygen atoms in total. The molecule has 8 heteroatoms. The van der Waals surface area contributed by atoms with Crippen molar-refractivity contribution in [3.05, 3.63) is 53.6 Å². The minimum atomic E-state index is 0.000549. The van der Waals surface area contributed by atoms with E-state index in [4.69, 9.17) is 8.94 Å². The van der Waals surface area contributed by atoms with E-state index < -0.39 is 0 Å². The van der Waals surface area contributed by atoms with Gasteiger partial charge in [-0.15, -0.1) is 11.3 Å². The predicted molar refractivity (Wildman–Crippen MR) is 97.2 cm³/mol. The zero-order valence-corrected chi connectivity index (χ0v) is 14.9. The van der Waals surface area contributed by atoms with Gasteiger partial charge in [0.2, 0.25) is 5.91 Å². The zero-order valence-electron chi connectivity index (χ0n) is 14.1. The van der Waals surface area contributed by atoms with Crippen molar-refractivity contribution in [3.63, 3.8) is 0 Å². The molecule has 0 unspecified atom stereocenters. The third kappa shape index (κ3) is 3.92. The maximum Gasteiger partial charge on any atom is 0.268 e. The van der Waals surface area contributed by atoms with Crippen molar-refractivity contribution in [1.82, 2.24) is 19.9 Å². The van der Waals surface area contributed by atoms with Crippen molar-refractivity contribution >= 4 is 23.3 Å². The van der Waals surface area contributed by atoms with E-state index in [0.29, 0.717) is 37.1 Å². The summed E-state index contributed by atoms with van der Waals surface area (Å²) >= 11 is 1.58. The first kappa shape index (κ1) is 16.7. The highest BCUT2D eigenvalue weighted by Crippen LogP contribution is 2.22. The van der Waals surface area contributed by atoms with Crippen molar-refractivity contribution in [1.29, 1.82) is 0 Å². The largest absolute Gasteiger partial charge is 0.465 e. The summed E-state index contributed by atoms with van der Waals surface area (Å²) in [4.78, 5) is 21.7. The Hall–Kier alpha value is -2.71. The molecule has 1 aliphatic rings. The van der Waals surface area contributed by atoms with Gasteiger partial charge in [0, 0.05) is 32.3 Å². The molecule has 0 N–H and O–H groups in total. The summed E-state index contributed by atoms with van der Waals surface area (Å²) < 4.78 is 10.5. The smallest absolute Gasteiger partial charge is 0.268 e. The summed E-state index contributed by atoms with van der Waals surface area (Å²) in [6.07, 6.45) is 4.84. The molecule has 0 atom stereocenters. The second kappa shape index (κ2) is 7.67. The molecule has 1 fully saturated rings. The monoisotopic (exact) mass is 370 g/mol. The molecule has 1 amide bonds. The van der Waals surface area contributed by atoms with Crippen LogP contribution in [0.2, 0.25) is 0 Å². The van der Waals surface area contributed by atoms with Crippen LogP contribution in [0.4, 0.5) is 0 Å². The summed E-state index contributed by atoms with van der Waals surface area (Å²) in [6, 6.07) is 7.53. The molecular weight excluding hydrogens is 352 g/mol. The number of thiophene rings is 1. The van der Waals surface area contributed by atoms with Crippen LogP contribution in [0.5, 0.6) is 0 Å². The van der Waals surface area contributed by atoms with Gasteiger partial charge >= 0.3 is 0 Å². The van der Waals surface area contributed by atoms with Crippen LogP contribution in [0.3, 0.4) is 0 Å². The molecule has 0 aliphatic carbocycles. The highest BCUT2D eigenvalue weighted by molar-refractivity contribution is 7.13. The minimum Gasteiger partial charge on any atom is -0.465 e. The maximum atomic E-state index is 12.2. The van der Waals surface area contributed by atoms with Crippen LogP contribution in [-0.2, 0) is 11.3 Å². The number of carbonyl (C=O) groups excluding carboxylic acids is 1. The molecule has 0 bridgehead atoms. The topological polar surface area (TPSA) is 75.6 Å². The number of nitrogens with zero attached hydrogens (tertiary/aromatic N) is 4. The molecule has 26 heavy (non-hydrogen) atoms. The Kier molecular flexibility index (Phi) is 4.94. The van der Waals surface area contributed by atoms with Crippen molar-refractivity contribution in [2.75, 3.05) is 26.2 Å². The lowest BCUT2D eigenvalue weighted by molar-refractivity contribution is -0.127. The van der Waals surface area contributed by atoms with Gasteiger partial charge in [-0.25, -0.2) is 0 Å². The Bertz CT molecular complexity index is 862. The summed E-state index contributed by atoms with van der Waals surface area (Å²) in [5.74, 6) is 1.91. The van der Waals surface area contributed by atoms with Crippen LogP contribution < -0.4 is 0 Å². The van der Waals surface area contributed by atoms with E-state index in [-0.39, 0.29) is 5.91 Å². The Morgan fingerprint density at radius 1 is 1.23 bits per heavy atom. The summed E-state index contributed by atoms with van der Waals surface area (Å²) in [5.41, 5.74) is 0. The van der Waals surface area contributed by atoms with Crippen LogP contribution in [0.25, 0.3) is 16.8 Å². The average Bonchev–Trinajstić information content (AvgIpc) is 3.41. The molecule has 0 spiro atoms. The molecule has 3 aromatic heterocycles. The Morgan fingerprint density at radius 3 is 2.85 bits per heavy atom. The van der Waals surface area contributed by atoms with Crippen LogP contribution in [0.15, 0.2) is 50.9 Å². The summed E-state index contributed by atoms with van der Waals surface area (Å²) in [7, 11) is 0. The van der Waals surface area contributed by atoms with E-state index in [2.05, 4.69) is 15.0 Å². The Morgan fingerprint density at radius 2 is 2.12 bits per heavy atom. The molecule has 4 rings (SSSR count). The van der Waals surface area contributed by atoms with Gasteiger partial charge in [-0.2, -0.15) is 4.98 Å². The van der Waals surface area contributed by atoms with E-state index >= 15 is 0 Å². The van der Waals surface area contributed by atoms with Gasteiger partial charge in [-0.1, -0.05) is 11.2 Å². The van der Waals surface area contributed by atoms with E-state index in [1.165, 1.54) is 0 Å². The third-order valence-electron chi connectivity index (χ3n) is 4.18. The SMILES string of the molecule is O=C(C=Cc1ccco1)N1CCN(Cc2noc(-c3cccs3)n2)CC1. The van der Waals surface area contributed by atoms with Gasteiger partial charge in [0.25, 0.3) is 5.89 Å². The van der Waals surface area contributed by atoms with Gasteiger partial charge in [0.05, 0.1) is 17.7 Å². The lowest BCUT2D eigenvalue weighted by Crippen LogP contribution is -2.47. The molecule has 0 saturated carbocycles. The zero-order chi connectivity index (χ0) is 17.8. The van der Waals surface area contributed by atoms with E-state index in [9.17, 15) is 4.79 Å². The van der Waals surface area contributed by atoms with Crippen molar-refractivity contribution in [2.24, 2.45) is 0 Å². The van der Waals surface area contributed by atoms with E-state index in [0.717, 1.165) is 18.0 Å². The second-order valence-electron chi connectivity index (χ2n) is 5.94. The van der Waals surface area contributed by atoms with Gasteiger partial charge in [-0.05, 0) is 29.7 Å². The molecule has 1 saturated heterocycles. The number of furan rings is 1. The summed E-state index contributed by atoms with van der Waals surface area (Å²) in [6.45, 7) is 3.54. The van der Waals surface area contributed by atoms with Crippen LogP contribution in [0.1, 0.15) is 11.6 Å². The van der Waals surface area contributed by atoms with E-state index in [1.807, 2.05) is 28.5 Å². The number of amides is 1. The van der Waals surface area contributed by atoms with E-state index in [1.54, 1.807) is 35.8 Å². The van der Waals surface area contributed by atoms with Crippen LogP contribution in [0, 0.1) is 0 Å². The minimum absolute atomic E-state index is 0.000549. The fourth-order valence-electron chi connectivity index (χ4n) is 2.79. The molecule has 134 valence electrons. The first-order valence-corrected chi connectivity index (χ1v) is 9.25. The van der Waals surface area contributed by atoms with Gasteiger partial charge < -0.3 is 13.8 Å². The van der Waals surface area contributed by atoms with Crippen LogP contribution >= 0.6 is 11.3 Å². The highest BCUT2D eigenvalue weighted by atomic mass is 32.1. The number of hydrogen-bond acceptors (Lipinski definition) is 7. The molecule has 3 aromatic rings. The van der Waals surface area contributed by atoms with Crippen molar-refractivity contribution in [3.8, 4) is 10.8 Å². The molecule has 0 radical (unpaired) electrons. The number of rotatable bonds is 5. The number of carbonyl (C=O) groups is 1. The van der Waals surface area contributed by atoms with Gasteiger partial charge in [-0.3, -0.25) is 9.69 Å². The Labute approximate surface area is 154 Å². The third-order valence-corrected chi connectivity index (χ3v) is 5.04. The molecular formula is C18H18N4O3S. The number of piperazine rings is 1. The van der Waals surface area contributed by atoms with Crippen molar-refractivity contribution < 1.29 is 13.7 Å². The fourth-order valence-corrected chi connectivity index (χ4v) is 3.43. The maximum absolute atomic E-state index is 12.2. The predicted octanol–water partition coefficient (Wildman–Crippen LogP) is 2.75. The normalized spacial score (nSPS) is 15.8. The standard InChI is InChI=1S/C18H18N4O3S/c23-17(6-5-14-3-1-11-24-14)22-9-7-21(8-10-22)13-16-19-18(25-20-16)15-4-2-12-26-15/h1-6,11-12H,7-10,13H2. The lowest BCUT2D eigenvalue weighted by Gasteiger charge is -2.33. The first-order valence-electron chi connectivity index (χ1n) is 8.37. The fraction of sp³-hybridized carbons (Fsp3) is 0.278. The highest BCUT2D eigenvalue weighted by Gasteiger charge is 2.21. The number of hydrogen-bond donors (Lipinski definition) is 0. The average molecular weight is 370 g/mol. The molecule has 0 aromatic carbocycles. The van der Waals surface area contributed by atoms with Crippen molar-refractivity contribution in [2.45, 2.75) is 6.54 Å². The Balaban J connectivity index is 1.28. The second-order valence-corrected chi connectivity index (χ2v) is 6.89. The molecule has 1 aliphatic heterocycles. The van der Waals surface area contributed by atoms with Gasteiger partial charge in [0.1, 0.15) is 5.76 Å². The van der Waals surface area contributed by atoms with Crippen LogP contribution in [-0.4, -0.2) is 52.0 Å². The first-order chi connectivity index (χ1) is 12.8. The quantitative estimate of drug-likeness (QED) is 0.643. The van der Waals surface area contributed by atoms with Gasteiger partial charge in [0.15, 0.2) is 5.82 Å². The lowest BCUT2D eigenvalue weighted by atomic mass is 10.3. The molecule has 4 heterocycles. The number of aromatic nitrogens is 2.